The van der Waals surface area contributed by atoms with Gasteiger partial charge in [-0.2, -0.15) is 0 Å². The fraction of sp³-hybridized carbons (Fsp3) is 0.381. The minimum absolute atomic E-state index is 0.0622. The van der Waals surface area contributed by atoms with Gasteiger partial charge in [0.05, 0.1) is 12.2 Å². The molecule has 1 atom stereocenters. The topological polar surface area (TPSA) is 88.6 Å². The Balaban J connectivity index is 1.50. The number of carbonyl (C=O) groups is 1. The number of aromatic nitrogens is 2. The Bertz CT molecular complexity index is 1080. The van der Waals surface area contributed by atoms with Crippen molar-refractivity contribution in [2.24, 2.45) is 0 Å². The van der Waals surface area contributed by atoms with Crippen molar-refractivity contribution in [1.82, 2.24) is 20.0 Å². The van der Waals surface area contributed by atoms with Crippen molar-refractivity contribution in [3.05, 3.63) is 69.2 Å². The first kappa shape index (κ1) is 18.4. The molecule has 28 heavy (non-hydrogen) atoms. The minimum Gasteiger partial charge on any atom is -0.427 e. The Morgan fingerprint density at radius 3 is 3.00 bits per heavy atom. The van der Waals surface area contributed by atoms with Gasteiger partial charge in [0.15, 0.2) is 0 Å². The summed E-state index contributed by atoms with van der Waals surface area (Å²) in [5.74, 6) is 0.397. The third kappa shape index (κ3) is 3.71. The van der Waals surface area contributed by atoms with E-state index < -0.39 is 11.5 Å². The van der Waals surface area contributed by atoms with Gasteiger partial charge in [-0.3, -0.25) is 4.79 Å². The Labute approximate surface area is 162 Å². The van der Waals surface area contributed by atoms with Gasteiger partial charge in [0.2, 0.25) is 0 Å². The van der Waals surface area contributed by atoms with Crippen LogP contribution in [-0.2, 0) is 6.54 Å². The van der Waals surface area contributed by atoms with Crippen LogP contribution in [0.15, 0.2) is 39.8 Å². The van der Waals surface area contributed by atoms with E-state index in [1.54, 1.807) is 6.92 Å². The lowest BCUT2D eigenvalue weighted by Crippen LogP contribution is -2.31. The highest BCUT2D eigenvalue weighted by Gasteiger charge is 2.22. The van der Waals surface area contributed by atoms with E-state index >= 15 is 0 Å². The van der Waals surface area contributed by atoms with Gasteiger partial charge in [0.1, 0.15) is 17.0 Å². The maximum absolute atomic E-state index is 12.6. The lowest BCUT2D eigenvalue weighted by atomic mass is 9.95. The van der Waals surface area contributed by atoms with E-state index in [-0.39, 0.29) is 18.0 Å². The van der Waals surface area contributed by atoms with Crippen LogP contribution < -0.4 is 16.3 Å². The molecule has 4 heterocycles. The first-order valence-electron chi connectivity index (χ1n) is 9.59. The van der Waals surface area contributed by atoms with Crippen molar-refractivity contribution in [3.8, 4) is 0 Å². The van der Waals surface area contributed by atoms with Crippen LogP contribution in [0.1, 0.15) is 51.7 Å². The van der Waals surface area contributed by atoms with Crippen LogP contribution in [-0.4, -0.2) is 28.4 Å². The van der Waals surface area contributed by atoms with Crippen molar-refractivity contribution in [3.63, 3.8) is 0 Å². The van der Waals surface area contributed by atoms with Crippen molar-refractivity contribution < 1.29 is 9.21 Å². The number of imidazole rings is 1. The van der Waals surface area contributed by atoms with Crippen LogP contribution in [0.5, 0.6) is 0 Å². The predicted octanol–water partition coefficient (Wildman–Crippen LogP) is 2.30. The fourth-order valence-corrected chi connectivity index (χ4v) is 3.68. The summed E-state index contributed by atoms with van der Waals surface area (Å²) in [4.78, 5) is 29.6. The summed E-state index contributed by atoms with van der Waals surface area (Å²) in [6, 6.07) is 5.79. The van der Waals surface area contributed by atoms with Crippen LogP contribution in [0.25, 0.3) is 5.65 Å². The van der Waals surface area contributed by atoms with Gasteiger partial charge in [-0.25, -0.2) is 9.78 Å². The van der Waals surface area contributed by atoms with E-state index in [0.717, 1.165) is 42.8 Å². The first-order chi connectivity index (χ1) is 13.5. The molecule has 0 aliphatic carbocycles. The van der Waals surface area contributed by atoms with E-state index in [1.807, 2.05) is 41.9 Å². The molecule has 4 rings (SSSR count). The zero-order chi connectivity index (χ0) is 19.7. The molecule has 1 fully saturated rings. The lowest BCUT2D eigenvalue weighted by Gasteiger charge is -2.22. The molecule has 1 aliphatic rings. The standard InChI is InChI=1S/C21H24N4O3/c1-13-5-7-25-12-16(24-18(25)8-13)11-23-20(26)19-14(2)9-17(28-21(19)27)15-4-3-6-22-10-15/h5,7-9,12,15,22H,3-4,6,10-11H2,1-2H3,(H,23,26). The Morgan fingerprint density at radius 2 is 2.25 bits per heavy atom. The van der Waals surface area contributed by atoms with Gasteiger partial charge >= 0.3 is 5.63 Å². The average molecular weight is 380 g/mol. The minimum atomic E-state index is -0.580. The summed E-state index contributed by atoms with van der Waals surface area (Å²) >= 11 is 0. The monoisotopic (exact) mass is 380 g/mol. The van der Waals surface area contributed by atoms with Crippen molar-refractivity contribution in [1.29, 1.82) is 0 Å². The molecule has 0 aromatic carbocycles. The molecule has 2 N–H and O–H groups in total. The third-order valence-electron chi connectivity index (χ3n) is 5.19. The van der Waals surface area contributed by atoms with Crippen LogP contribution in [0.4, 0.5) is 0 Å². The van der Waals surface area contributed by atoms with E-state index in [4.69, 9.17) is 4.42 Å². The van der Waals surface area contributed by atoms with Crippen LogP contribution in [0.2, 0.25) is 0 Å². The van der Waals surface area contributed by atoms with E-state index in [0.29, 0.717) is 11.3 Å². The second kappa shape index (κ2) is 7.59. The van der Waals surface area contributed by atoms with Crippen molar-refractivity contribution >= 4 is 11.6 Å². The summed E-state index contributed by atoms with van der Waals surface area (Å²) in [5, 5.41) is 6.10. The lowest BCUT2D eigenvalue weighted by molar-refractivity contribution is 0.0945. The quantitative estimate of drug-likeness (QED) is 0.725. The molecule has 1 saturated heterocycles. The fourth-order valence-electron chi connectivity index (χ4n) is 3.68. The SMILES string of the molecule is Cc1ccn2cc(CNC(=O)c3c(C)cc(C4CCCNC4)oc3=O)nc2c1. The Kier molecular flexibility index (Phi) is 5.00. The van der Waals surface area contributed by atoms with Crippen LogP contribution in [0, 0.1) is 13.8 Å². The van der Waals surface area contributed by atoms with Crippen molar-refractivity contribution in [2.45, 2.75) is 39.2 Å². The number of nitrogens with one attached hydrogen (secondary N) is 2. The summed E-state index contributed by atoms with van der Waals surface area (Å²) in [7, 11) is 0. The zero-order valence-corrected chi connectivity index (χ0v) is 16.1. The number of aryl methyl sites for hydroxylation is 2. The highest BCUT2D eigenvalue weighted by molar-refractivity contribution is 5.95. The highest BCUT2D eigenvalue weighted by Crippen LogP contribution is 2.23. The predicted molar refractivity (Wildman–Crippen MR) is 106 cm³/mol. The second-order valence-electron chi connectivity index (χ2n) is 7.42. The molecule has 0 radical (unpaired) electrons. The third-order valence-corrected chi connectivity index (χ3v) is 5.19. The molecule has 146 valence electrons. The van der Waals surface area contributed by atoms with Crippen LogP contribution >= 0.6 is 0 Å². The summed E-state index contributed by atoms with van der Waals surface area (Å²) in [6.07, 6.45) is 5.83. The number of piperidine rings is 1. The molecular weight excluding hydrogens is 356 g/mol. The number of amides is 1. The largest absolute Gasteiger partial charge is 0.427 e. The number of rotatable bonds is 4. The number of fused-ring (bicyclic) bond motifs is 1. The van der Waals surface area contributed by atoms with Gasteiger partial charge in [0.25, 0.3) is 5.91 Å². The zero-order valence-electron chi connectivity index (χ0n) is 16.1. The summed E-state index contributed by atoms with van der Waals surface area (Å²) in [5.41, 5.74) is 2.79. The van der Waals surface area contributed by atoms with Crippen molar-refractivity contribution in [2.75, 3.05) is 13.1 Å². The molecule has 1 unspecified atom stereocenters. The molecular formula is C21H24N4O3. The average Bonchev–Trinajstić information content (AvgIpc) is 3.08. The smallest absolute Gasteiger partial charge is 0.349 e. The van der Waals surface area contributed by atoms with Gasteiger partial charge in [-0.1, -0.05) is 0 Å². The highest BCUT2D eigenvalue weighted by atomic mass is 16.4. The van der Waals surface area contributed by atoms with E-state index in [1.165, 1.54) is 0 Å². The number of carbonyl (C=O) groups excluding carboxylic acids is 1. The molecule has 0 saturated carbocycles. The second-order valence-corrected chi connectivity index (χ2v) is 7.42. The summed E-state index contributed by atoms with van der Waals surface area (Å²) < 4.78 is 7.39. The normalized spacial score (nSPS) is 17.0. The number of nitrogens with zero attached hydrogens (tertiary/aromatic N) is 2. The Hall–Kier alpha value is -2.93. The van der Waals surface area contributed by atoms with E-state index in [9.17, 15) is 9.59 Å². The molecule has 7 heteroatoms. The molecule has 3 aromatic heterocycles. The summed E-state index contributed by atoms with van der Waals surface area (Å²) in [6.45, 7) is 5.81. The molecule has 7 nitrogen and oxygen atoms in total. The maximum atomic E-state index is 12.6. The molecule has 0 spiro atoms. The molecule has 1 aliphatic heterocycles. The van der Waals surface area contributed by atoms with Gasteiger partial charge in [0, 0.05) is 24.9 Å². The van der Waals surface area contributed by atoms with Gasteiger partial charge in [-0.15, -0.1) is 0 Å². The Morgan fingerprint density at radius 1 is 1.39 bits per heavy atom. The maximum Gasteiger partial charge on any atom is 0.349 e. The van der Waals surface area contributed by atoms with Crippen LogP contribution in [0.3, 0.4) is 0 Å². The molecule has 3 aromatic rings. The number of hydrogen-bond donors (Lipinski definition) is 2. The number of pyridine rings is 1. The molecule has 1 amide bonds. The molecule has 0 bridgehead atoms. The number of hydrogen-bond acceptors (Lipinski definition) is 5. The van der Waals surface area contributed by atoms with Gasteiger partial charge in [-0.05, 0) is 62.6 Å². The van der Waals surface area contributed by atoms with Gasteiger partial charge < -0.3 is 19.5 Å². The first-order valence-corrected chi connectivity index (χ1v) is 9.59. The van der Waals surface area contributed by atoms with E-state index in [2.05, 4.69) is 15.6 Å².